The van der Waals surface area contributed by atoms with Crippen LogP contribution in [0.2, 0.25) is 0 Å². The molecule has 1 aliphatic heterocycles. The van der Waals surface area contributed by atoms with Gasteiger partial charge in [-0.1, -0.05) is 17.7 Å². The molecule has 1 fully saturated rings. The predicted molar refractivity (Wildman–Crippen MR) is 102 cm³/mol. The van der Waals surface area contributed by atoms with Crippen molar-refractivity contribution in [2.24, 2.45) is 0 Å². The smallest absolute Gasteiger partial charge is 0.227 e. The first-order valence-electron chi connectivity index (χ1n) is 9.05. The lowest BCUT2D eigenvalue weighted by Gasteiger charge is -2.28. The van der Waals surface area contributed by atoms with Crippen molar-refractivity contribution in [1.82, 2.24) is 0 Å². The number of hydrogen-bond donors (Lipinski definition) is 1. The molecule has 0 aromatic heterocycles. The molecule has 2 aromatic carbocycles. The number of nitrogens with zero attached hydrogens (tertiary/aromatic N) is 1. The Hall–Kier alpha value is -2.49. The van der Waals surface area contributed by atoms with Gasteiger partial charge in [0.15, 0.2) is 0 Å². The minimum absolute atomic E-state index is 0.0298. The third kappa shape index (κ3) is 5.24. The van der Waals surface area contributed by atoms with Gasteiger partial charge in [-0.05, 0) is 62.6 Å². The quantitative estimate of drug-likeness (QED) is 0.849. The standard InChI is InChI=1S/C21H26N2O2/c1-17-5-11-20(12-6-17)25-16-13-21(24)22-18-7-9-19(10-8-18)23-14-3-2-4-15-23/h5-12H,2-4,13-16H2,1H3,(H,22,24). The highest BCUT2D eigenvalue weighted by molar-refractivity contribution is 5.90. The average Bonchev–Trinajstić information content (AvgIpc) is 2.65. The van der Waals surface area contributed by atoms with E-state index in [4.69, 9.17) is 4.74 Å². The molecule has 1 N–H and O–H groups in total. The summed E-state index contributed by atoms with van der Waals surface area (Å²) < 4.78 is 5.60. The van der Waals surface area contributed by atoms with E-state index in [1.807, 2.05) is 43.3 Å². The van der Waals surface area contributed by atoms with Gasteiger partial charge in [0.2, 0.25) is 5.91 Å². The topological polar surface area (TPSA) is 41.6 Å². The first-order chi connectivity index (χ1) is 12.2. The Morgan fingerprint density at radius 1 is 1.00 bits per heavy atom. The Bertz CT molecular complexity index is 674. The van der Waals surface area contributed by atoms with Gasteiger partial charge in [-0.3, -0.25) is 4.79 Å². The fourth-order valence-electron chi connectivity index (χ4n) is 3.03. The summed E-state index contributed by atoms with van der Waals surface area (Å²) in [6.45, 7) is 4.67. The van der Waals surface area contributed by atoms with Crippen molar-refractivity contribution in [3.05, 3.63) is 54.1 Å². The molecule has 4 nitrogen and oxygen atoms in total. The minimum Gasteiger partial charge on any atom is -0.493 e. The number of ether oxygens (including phenoxy) is 1. The lowest BCUT2D eigenvalue weighted by Crippen LogP contribution is -2.29. The predicted octanol–water partition coefficient (Wildman–Crippen LogP) is 4.39. The summed E-state index contributed by atoms with van der Waals surface area (Å²) in [4.78, 5) is 14.4. The van der Waals surface area contributed by atoms with Gasteiger partial charge in [0.05, 0.1) is 13.0 Å². The summed E-state index contributed by atoms with van der Waals surface area (Å²) in [6, 6.07) is 16.0. The van der Waals surface area contributed by atoms with Crippen LogP contribution in [0.1, 0.15) is 31.2 Å². The fraction of sp³-hybridized carbons (Fsp3) is 0.381. The van der Waals surface area contributed by atoms with E-state index in [-0.39, 0.29) is 5.91 Å². The van der Waals surface area contributed by atoms with E-state index in [2.05, 4.69) is 22.3 Å². The summed E-state index contributed by atoms with van der Waals surface area (Å²) in [5.74, 6) is 0.766. The van der Waals surface area contributed by atoms with E-state index in [1.54, 1.807) is 0 Å². The number of hydrogen-bond acceptors (Lipinski definition) is 3. The highest BCUT2D eigenvalue weighted by Crippen LogP contribution is 2.21. The maximum Gasteiger partial charge on any atom is 0.227 e. The molecule has 0 atom stereocenters. The first kappa shape index (κ1) is 17.3. The number of anilines is 2. The molecule has 1 heterocycles. The second-order valence-corrected chi connectivity index (χ2v) is 6.55. The van der Waals surface area contributed by atoms with E-state index in [0.717, 1.165) is 24.5 Å². The lowest BCUT2D eigenvalue weighted by molar-refractivity contribution is -0.116. The molecular formula is C21H26N2O2. The van der Waals surface area contributed by atoms with Crippen LogP contribution in [0.25, 0.3) is 0 Å². The second kappa shape index (κ2) is 8.56. The fourth-order valence-corrected chi connectivity index (χ4v) is 3.03. The zero-order valence-corrected chi connectivity index (χ0v) is 14.8. The van der Waals surface area contributed by atoms with Crippen molar-refractivity contribution in [1.29, 1.82) is 0 Å². The molecule has 0 radical (unpaired) electrons. The molecule has 1 saturated heterocycles. The summed E-state index contributed by atoms with van der Waals surface area (Å²) in [6.07, 6.45) is 4.19. The van der Waals surface area contributed by atoms with Crippen LogP contribution >= 0.6 is 0 Å². The van der Waals surface area contributed by atoms with Crippen LogP contribution in [0.3, 0.4) is 0 Å². The number of aryl methyl sites for hydroxylation is 1. The number of nitrogens with one attached hydrogen (secondary N) is 1. The van der Waals surface area contributed by atoms with Crippen molar-refractivity contribution < 1.29 is 9.53 Å². The van der Waals surface area contributed by atoms with Gasteiger partial charge in [-0.2, -0.15) is 0 Å². The van der Waals surface area contributed by atoms with Crippen LogP contribution in [0.4, 0.5) is 11.4 Å². The average molecular weight is 338 g/mol. The SMILES string of the molecule is Cc1ccc(OCCC(=O)Nc2ccc(N3CCCCC3)cc2)cc1. The molecule has 0 unspecified atom stereocenters. The van der Waals surface area contributed by atoms with Crippen LogP contribution in [-0.2, 0) is 4.79 Å². The number of rotatable bonds is 6. The van der Waals surface area contributed by atoms with E-state index >= 15 is 0 Å². The van der Waals surface area contributed by atoms with Gasteiger partial charge in [0.1, 0.15) is 5.75 Å². The van der Waals surface area contributed by atoms with Gasteiger partial charge >= 0.3 is 0 Å². The van der Waals surface area contributed by atoms with Crippen LogP contribution in [0.15, 0.2) is 48.5 Å². The van der Waals surface area contributed by atoms with E-state index in [9.17, 15) is 4.79 Å². The molecule has 0 saturated carbocycles. The molecule has 0 aliphatic carbocycles. The highest BCUT2D eigenvalue weighted by atomic mass is 16.5. The Labute approximate surface area is 149 Å². The second-order valence-electron chi connectivity index (χ2n) is 6.55. The molecule has 1 amide bonds. The monoisotopic (exact) mass is 338 g/mol. The number of benzene rings is 2. The molecule has 0 spiro atoms. The maximum absolute atomic E-state index is 12.0. The van der Waals surface area contributed by atoms with Crippen LogP contribution in [-0.4, -0.2) is 25.6 Å². The molecule has 132 valence electrons. The number of carbonyl (C=O) groups is 1. The van der Waals surface area contributed by atoms with Crippen molar-refractivity contribution in [3.63, 3.8) is 0 Å². The van der Waals surface area contributed by atoms with Crippen LogP contribution < -0.4 is 15.0 Å². The first-order valence-corrected chi connectivity index (χ1v) is 9.05. The van der Waals surface area contributed by atoms with Gasteiger partial charge < -0.3 is 15.0 Å². The van der Waals surface area contributed by atoms with Crippen LogP contribution in [0.5, 0.6) is 5.75 Å². The zero-order chi connectivity index (χ0) is 17.5. The Morgan fingerprint density at radius 3 is 2.36 bits per heavy atom. The van der Waals surface area contributed by atoms with Crippen LogP contribution in [0, 0.1) is 6.92 Å². The van der Waals surface area contributed by atoms with E-state index in [0.29, 0.717) is 13.0 Å². The molecule has 4 heteroatoms. The van der Waals surface area contributed by atoms with E-state index < -0.39 is 0 Å². The normalized spacial score (nSPS) is 14.2. The summed E-state index contributed by atoms with van der Waals surface area (Å²) >= 11 is 0. The number of amides is 1. The highest BCUT2D eigenvalue weighted by Gasteiger charge is 2.11. The number of carbonyl (C=O) groups excluding carboxylic acids is 1. The molecule has 0 bridgehead atoms. The number of piperidine rings is 1. The molecule has 25 heavy (non-hydrogen) atoms. The molecular weight excluding hydrogens is 312 g/mol. The van der Waals surface area contributed by atoms with Crippen molar-refractivity contribution >= 4 is 17.3 Å². The van der Waals surface area contributed by atoms with E-state index in [1.165, 1.54) is 30.5 Å². The Kier molecular flexibility index (Phi) is 5.94. The third-order valence-corrected chi connectivity index (χ3v) is 4.49. The van der Waals surface area contributed by atoms with Gasteiger partial charge in [-0.25, -0.2) is 0 Å². The zero-order valence-electron chi connectivity index (χ0n) is 14.8. The van der Waals surface area contributed by atoms with Gasteiger partial charge in [0.25, 0.3) is 0 Å². The maximum atomic E-state index is 12.0. The van der Waals surface area contributed by atoms with Crippen molar-refractivity contribution in [2.75, 3.05) is 29.9 Å². The van der Waals surface area contributed by atoms with Gasteiger partial charge in [0, 0.05) is 24.5 Å². The summed E-state index contributed by atoms with van der Waals surface area (Å²) in [5.41, 5.74) is 3.26. The lowest BCUT2D eigenvalue weighted by atomic mass is 10.1. The third-order valence-electron chi connectivity index (χ3n) is 4.49. The molecule has 2 aromatic rings. The summed E-state index contributed by atoms with van der Waals surface area (Å²) in [5, 5.41) is 2.93. The van der Waals surface area contributed by atoms with Crippen molar-refractivity contribution in [2.45, 2.75) is 32.6 Å². The van der Waals surface area contributed by atoms with Gasteiger partial charge in [-0.15, -0.1) is 0 Å². The van der Waals surface area contributed by atoms with Crippen molar-refractivity contribution in [3.8, 4) is 5.75 Å². The Morgan fingerprint density at radius 2 is 1.68 bits per heavy atom. The molecule has 1 aliphatic rings. The molecule has 3 rings (SSSR count). The largest absolute Gasteiger partial charge is 0.493 e. The Balaban J connectivity index is 1.43. The minimum atomic E-state index is -0.0298. The summed E-state index contributed by atoms with van der Waals surface area (Å²) in [7, 11) is 0.